The minimum Gasteiger partial charge on any atom is -0.423 e. The maximum Gasteiger partial charge on any atom is 0.314 e. The van der Waals surface area contributed by atoms with Crippen LogP contribution in [-0.4, -0.2) is 5.97 Å². The van der Waals surface area contributed by atoms with E-state index in [-0.39, 0.29) is 11.7 Å². The Kier molecular flexibility index (Phi) is 7.83. The molecule has 0 spiro atoms. The molecule has 1 unspecified atom stereocenters. The summed E-state index contributed by atoms with van der Waals surface area (Å²) in [6.45, 7) is 5.89. The van der Waals surface area contributed by atoms with E-state index >= 15 is 0 Å². The summed E-state index contributed by atoms with van der Waals surface area (Å²) in [5.74, 6) is -1.15. The Labute approximate surface area is 156 Å². The monoisotopic (exact) mass is 356 g/mol. The van der Waals surface area contributed by atoms with Crippen LogP contribution >= 0.6 is 0 Å². The highest BCUT2D eigenvalue weighted by atomic mass is 19.1. The van der Waals surface area contributed by atoms with Gasteiger partial charge in [-0.15, -0.1) is 0 Å². The lowest BCUT2D eigenvalue weighted by Gasteiger charge is -2.11. The standard InChI is InChI=1S/C23H29FO2/c1-4-6-7-8-9-18-10-12-19(13-11-18)20-14-15-22(21(24)16-20)26-23(25)17(3)5-2/h10-17H,4-9H2,1-3H3. The zero-order valence-corrected chi connectivity index (χ0v) is 16.1. The third kappa shape index (κ3) is 5.69. The molecule has 0 N–H and O–H groups in total. The van der Waals surface area contributed by atoms with Crippen LogP contribution in [0.5, 0.6) is 5.75 Å². The van der Waals surface area contributed by atoms with Crippen LogP contribution in [0.15, 0.2) is 42.5 Å². The van der Waals surface area contributed by atoms with Crippen LogP contribution in [-0.2, 0) is 11.2 Å². The average molecular weight is 356 g/mol. The Morgan fingerprint density at radius 3 is 2.31 bits per heavy atom. The predicted octanol–water partition coefficient (Wildman–Crippen LogP) is 6.57. The summed E-state index contributed by atoms with van der Waals surface area (Å²) in [7, 11) is 0. The van der Waals surface area contributed by atoms with Crippen molar-refractivity contribution in [2.45, 2.75) is 59.3 Å². The summed E-state index contributed by atoms with van der Waals surface area (Å²) < 4.78 is 19.5. The van der Waals surface area contributed by atoms with E-state index in [0.717, 1.165) is 17.5 Å². The number of carbonyl (C=O) groups excluding carboxylic acids is 1. The second-order valence-corrected chi connectivity index (χ2v) is 6.88. The molecule has 0 saturated heterocycles. The summed E-state index contributed by atoms with van der Waals surface area (Å²) >= 11 is 0. The van der Waals surface area contributed by atoms with Gasteiger partial charge in [0.25, 0.3) is 0 Å². The molecule has 0 heterocycles. The second-order valence-electron chi connectivity index (χ2n) is 6.88. The first-order chi connectivity index (χ1) is 12.5. The summed E-state index contributed by atoms with van der Waals surface area (Å²) in [6.07, 6.45) is 6.75. The zero-order chi connectivity index (χ0) is 18.9. The number of hydrogen-bond donors (Lipinski definition) is 0. The summed E-state index contributed by atoms with van der Waals surface area (Å²) in [5.41, 5.74) is 3.05. The Hall–Kier alpha value is -2.16. The molecule has 0 bridgehead atoms. The molecule has 0 radical (unpaired) electrons. The molecule has 0 aromatic heterocycles. The van der Waals surface area contributed by atoms with E-state index in [0.29, 0.717) is 6.42 Å². The van der Waals surface area contributed by atoms with E-state index < -0.39 is 11.8 Å². The number of rotatable bonds is 9. The Balaban J connectivity index is 2.03. The Morgan fingerprint density at radius 1 is 1.00 bits per heavy atom. The summed E-state index contributed by atoms with van der Waals surface area (Å²) in [4.78, 5) is 11.8. The second kappa shape index (κ2) is 10.1. The van der Waals surface area contributed by atoms with Crippen molar-refractivity contribution in [2.75, 3.05) is 0 Å². The summed E-state index contributed by atoms with van der Waals surface area (Å²) in [5, 5.41) is 0. The van der Waals surface area contributed by atoms with Gasteiger partial charge in [0.05, 0.1) is 5.92 Å². The molecule has 2 nitrogen and oxygen atoms in total. The Bertz CT molecular complexity index is 707. The molecule has 3 heteroatoms. The summed E-state index contributed by atoms with van der Waals surface area (Å²) in [6, 6.07) is 13.0. The number of halogens is 1. The van der Waals surface area contributed by atoms with Crippen molar-refractivity contribution < 1.29 is 13.9 Å². The third-order valence-electron chi connectivity index (χ3n) is 4.76. The first-order valence-electron chi connectivity index (χ1n) is 9.65. The predicted molar refractivity (Wildman–Crippen MR) is 105 cm³/mol. The van der Waals surface area contributed by atoms with Gasteiger partial charge in [-0.1, -0.05) is 70.4 Å². The Morgan fingerprint density at radius 2 is 1.69 bits per heavy atom. The van der Waals surface area contributed by atoms with Crippen LogP contribution in [0.1, 0.15) is 58.4 Å². The van der Waals surface area contributed by atoms with Crippen molar-refractivity contribution in [3.05, 3.63) is 53.8 Å². The van der Waals surface area contributed by atoms with E-state index in [1.54, 1.807) is 13.0 Å². The van der Waals surface area contributed by atoms with E-state index in [1.165, 1.54) is 43.4 Å². The first kappa shape index (κ1) is 20.2. The molecule has 2 aromatic rings. The highest BCUT2D eigenvalue weighted by Crippen LogP contribution is 2.27. The van der Waals surface area contributed by atoms with Gasteiger partial charge >= 0.3 is 5.97 Å². The van der Waals surface area contributed by atoms with E-state index in [4.69, 9.17) is 4.74 Å². The van der Waals surface area contributed by atoms with E-state index in [2.05, 4.69) is 19.1 Å². The zero-order valence-electron chi connectivity index (χ0n) is 16.1. The first-order valence-corrected chi connectivity index (χ1v) is 9.65. The fourth-order valence-electron chi connectivity index (χ4n) is 2.76. The van der Waals surface area contributed by atoms with Gasteiger partial charge in [0.1, 0.15) is 0 Å². The van der Waals surface area contributed by atoms with Gasteiger partial charge in [-0.2, -0.15) is 0 Å². The van der Waals surface area contributed by atoms with Gasteiger partial charge in [0, 0.05) is 0 Å². The van der Waals surface area contributed by atoms with Crippen LogP contribution in [0.25, 0.3) is 11.1 Å². The number of ether oxygens (including phenoxy) is 1. The average Bonchev–Trinajstić information content (AvgIpc) is 2.66. The SMILES string of the molecule is CCCCCCc1ccc(-c2ccc(OC(=O)C(C)CC)c(F)c2)cc1. The smallest absolute Gasteiger partial charge is 0.314 e. The van der Waals surface area contributed by atoms with Crippen LogP contribution in [0.4, 0.5) is 4.39 Å². The van der Waals surface area contributed by atoms with Gasteiger partial charge < -0.3 is 4.74 Å². The van der Waals surface area contributed by atoms with Gasteiger partial charge in [-0.05, 0) is 48.1 Å². The minimum atomic E-state index is -0.511. The number of unbranched alkanes of at least 4 members (excludes halogenated alkanes) is 3. The topological polar surface area (TPSA) is 26.3 Å². The molecule has 0 amide bonds. The fourth-order valence-corrected chi connectivity index (χ4v) is 2.76. The minimum absolute atomic E-state index is 0.00778. The van der Waals surface area contributed by atoms with Crippen molar-refractivity contribution in [3.8, 4) is 16.9 Å². The number of aryl methyl sites for hydroxylation is 1. The highest BCUT2D eigenvalue weighted by Gasteiger charge is 2.16. The van der Waals surface area contributed by atoms with Gasteiger partial charge in [-0.3, -0.25) is 4.79 Å². The van der Waals surface area contributed by atoms with Crippen molar-refractivity contribution in [2.24, 2.45) is 5.92 Å². The van der Waals surface area contributed by atoms with Gasteiger partial charge in [0.15, 0.2) is 11.6 Å². The van der Waals surface area contributed by atoms with E-state index in [9.17, 15) is 9.18 Å². The van der Waals surface area contributed by atoms with E-state index in [1.807, 2.05) is 19.1 Å². The van der Waals surface area contributed by atoms with Crippen molar-refractivity contribution in [3.63, 3.8) is 0 Å². The van der Waals surface area contributed by atoms with Crippen molar-refractivity contribution in [1.29, 1.82) is 0 Å². The van der Waals surface area contributed by atoms with Crippen molar-refractivity contribution in [1.82, 2.24) is 0 Å². The number of hydrogen-bond acceptors (Lipinski definition) is 2. The number of benzene rings is 2. The third-order valence-corrected chi connectivity index (χ3v) is 4.76. The molecule has 1 atom stereocenters. The molecule has 2 rings (SSSR count). The lowest BCUT2D eigenvalue weighted by Crippen LogP contribution is -2.17. The maximum absolute atomic E-state index is 14.3. The quantitative estimate of drug-likeness (QED) is 0.289. The largest absolute Gasteiger partial charge is 0.423 e. The normalized spacial score (nSPS) is 12.0. The fraction of sp³-hybridized carbons (Fsp3) is 0.435. The lowest BCUT2D eigenvalue weighted by molar-refractivity contribution is -0.138. The maximum atomic E-state index is 14.3. The lowest BCUT2D eigenvalue weighted by atomic mass is 10.0. The van der Waals surface area contributed by atoms with Crippen molar-refractivity contribution >= 4 is 5.97 Å². The van der Waals surface area contributed by atoms with Crippen LogP contribution < -0.4 is 4.74 Å². The van der Waals surface area contributed by atoms with Crippen LogP contribution in [0.3, 0.4) is 0 Å². The molecule has 26 heavy (non-hydrogen) atoms. The number of carbonyl (C=O) groups is 1. The molecular formula is C23H29FO2. The molecule has 140 valence electrons. The molecule has 2 aromatic carbocycles. The molecule has 0 aliphatic carbocycles. The molecule has 0 aliphatic heterocycles. The van der Waals surface area contributed by atoms with Crippen LogP contribution in [0, 0.1) is 11.7 Å². The molecule has 0 aliphatic rings. The highest BCUT2D eigenvalue weighted by molar-refractivity contribution is 5.75. The van der Waals surface area contributed by atoms with Gasteiger partial charge in [0.2, 0.25) is 0 Å². The molecule has 0 saturated carbocycles. The van der Waals surface area contributed by atoms with Gasteiger partial charge in [-0.25, -0.2) is 4.39 Å². The molecular weight excluding hydrogens is 327 g/mol. The molecule has 0 fully saturated rings. The number of esters is 1. The van der Waals surface area contributed by atoms with Crippen LogP contribution in [0.2, 0.25) is 0 Å².